The second-order valence-electron chi connectivity index (χ2n) is 6.12. The Kier molecular flexibility index (Phi) is 6.66. The highest BCUT2D eigenvalue weighted by molar-refractivity contribution is 9.10. The summed E-state index contributed by atoms with van der Waals surface area (Å²) in [5.74, 6) is -0.356. The number of benzene rings is 2. The number of ether oxygens (including phenoxy) is 2. The predicted octanol–water partition coefficient (Wildman–Crippen LogP) is 3.68. The van der Waals surface area contributed by atoms with E-state index >= 15 is 0 Å². The first-order chi connectivity index (χ1) is 14.0. The summed E-state index contributed by atoms with van der Waals surface area (Å²) in [5.41, 5.74) is -0.618. The molecule has 3 aromatic rings. The number of carbonyl (C=O) groups is 2. The van der Waals surface area contributed by atoms with Crippen molar-refractivity contribution in [2.75, 3.05) is 13.2 Å². The summed E-state index contributed by atoms with van der Waals surface area (Å²) in [4.78, 5) is 36.1. The third-order valence-corrected chi connectivity index (χ3v) is 4.42. The number of hydrogen-bond acceptors (Lipinski definition) is 6. The topological polar surface area (TPSA) is 94.8 Å². The van der Waals surface area contributed by atoms with E-state index < -0.39 is 17.5 Å². The van der Waals surface area contributed by atoms with Crippen molar-refractivity contribution in [3.63, 3.8) is 0 Å². The van der Waals surface area contributed by atoms with Gasteiger partial charge in [0, 0.05) is 22.5 Å². The van der Waals surface area contributed by atoms with Gasteiger partial charge in [0.25, 0.3) is 5.91 Å². The number of nitrogens with one attached hydrogen (secondary N) is 1. The molecule has 2 aromatic carbocycles. The first kappa shape index (κ1) is 20.6. The molecular weight excluding hydrogens is 442 g/mol. The molecule has 3 rings (SSSR count). The first-order valence-corrected chi connectivity index (χ1v) is 9.70. The molecule has 1 aromatic heterocycles. The predicted molar refractivity (Wildman–Crippen MR) is 110 cm³/mol. The van der Waals surface area contributed by atoms with Crippen molar-refractivity contribution in [1.29, 1.82) is 0 Å². The van der Waals surface area contributed by atoms with Crippen LogP contribution in [0, 0.1) is 0 Å². The van der Waals surface area contributed by atoms with Crippen LogP contribution < -0.4 is 20.4 Å². The molecule has 0 saturated heterocycles. The van der Waals surface area contributed by atoms with Crippen molar-refractivity contribution in [2.24, 2.45) is 0 Å². The zero-order valence-electron chi connectivity index (χ0n) is 15.6. The van der Waals surface area contributed by atoms with Crippen molar-refractivity contribution in [2.45, 2.75) is 13.3 Å². The molecular formula is C21H18BrNO6. The van der Waals surface area contributed by atoms with Crippen molar-refractivity contribution in [3.8, 4) is 11.5 Å². The molecule has 29 heavy (non-hydrogen) atoms. The van der Waals surface area contributed by atoms with Crippen LogP contribution in [0.3, 0.4) is 0 Å². The van der Waals surface area contributed by atoms with Crippen LogP contribution >= 0.6 is 15.9 Å². The van der Waals surface area contributed by atoms with E-state index in [1.165, 1.54) is 12.1 Å². The number of amides is 1. The van der Waals surface area contributed by atoms with Crippen molar-refractivity contribution in [3.05, 3.63) is 69.0 Å². The maximum Gasteiger partial charge on any atom is 0.349 e. The molecule has 1 heterocycles. The zero-order chi connectivity index (χ0) is 20.8. The Balaban J connectivity index is 1.69. The van der Waals surface area contributed by atoms with Crippen LogP contribution in [0.15, 0.2) is 62.2 Å². The molecule has 0 bridgehead atoms. The van der Waals surface area contributed by atoms with Crippen LogP contribution in [-0.4, -0.2) is 25.0 Å². The fraction of sp³-hybridized carbons (Fsp3) is 0.190. The maximum absolute atomic E-state index is 12.1. The number of fused-ring (bicyclic) bond motifs is 1. The molecule has 0 aliphatic carbocycles. The standard InChI is InChI=1S/C21H18BrNO6/c1-2-9-23-20(25)17-10-13-3-6-16(11-18(13)29-21(17)26)28-19(24)12-27-15-7-4-14(22)5-8-15/h3-8,10-11H,2,9,12H2,1H3,(H,23,25). The van der Waals surface area contributed by atoms with E-state index in [1.54, 1.807) is 36.4 Å². The minimum absolute atomic E-state index is 0.0707. The lowest BCUT2D eigenvalue weighted by molar-refractivity contribution is -0.136. The maximum atomic E-state index is 12.1. The molecule has 150 valence electrons. The molecule has 0 radical (unpaired) electrons. The van der Waals surface area contributed by atoms with Gasteiger partial charge in [-0.05, 0) is 48.9 Å². The number of halogens is 1. The van der Waals surface area contributed by atoms with Gasteiger partial charge in [-0.15, -0.1) is 0 Å². The Hall–Kier alpha value is -3.13. The van der Waals surface area contributed by atoms with Gasteiger partial charge in [-0.25, -0.2) is 9.59 Å². The van der Waals surface area contributed by atoms with Gasteiger partial charge in [0.1, 0.15) is 22.6 Å². The summed E-state index contributed by atoms with van der Waals surface area (Å²) in [7, 11) is 0. The minimum Gasteiger partial charge on any atom is -0.482 e. The summed E-state index contributed by atoms with van der Waals surface area (Å²) in [6, 6.07) is 13.1. The minimum atomic E-state index is -0.756. The average Bonchev–Trinajstić information content (AvgIpc) is 2.71. The largest absolute Gasteiger partial charge is 0.482 e. The van der Waals surface area contributed by atoms with Crippen LogP contribution in [0.1, 0.15) is 23.7 Å². The lowest BCUT2D eigenvalue weighted by atomic mass is 10.1. The number of carbonyl (C=O) groups excluding carboxylic acids is 2. The van der Waals surface area contributed by atoms with E-state index in [2.05, 4.69) is 21.2 Å². The fourth-order valence-electron chi connectivity index (χ4n) is 2.48. The molecule has 0 aliphatic heterocycles. The molecule has 7 nitrogen and oxygen atoms in total. The molecule has 0 aliphatic rings. The van der Waals surface area contributed by atoms with Crippen molar-refractivity contribution >= 4 is 38.8 Å². The number of esters is 1. The van der Waals surface area contributed by atoms with Crippen LogP contribution in [0.25, 0.3) is 11.0 Å². The quantitative estimate of drug-likeness (QED) is 0.329. The lowest BCUT2D eigenvalue weighted by Crippen LogP contribution is -2.28. The van der Waals surface area contributed by atoms with Gasteiger partial charge in [-0.1, -0.05) is 22.9 Å². The number of hydrogen-bond donors (Lipinski definition) is 1. The van der Waals surface area contributed by atoms with E-state index in [4.69, 9.17) is 13.9 Å². The van der Waals surface area contributed by atoms with Gasteiger partial charge in [0.05, 0.1) is 0 Å². The highest BCUT2D eigenvalue weighted by Gasteiger charge is 2.14. The summed E-state index contributed by atoms with van der Waals surface area (Å²) in [6.45, 7) is 2.10. The SMILES string of the molecule is CCCNC(=O)c1cc2ccc(OC(=O)COc3ccc(Br)cc3)cc2oc1=O. The van der Waals surface area contributed by atoms with Gasteiger partial charge in [-0.3, -0.25) is 4.79 Å². The summed E-state index contributed by atoms with van der Waals surface area (Å²) < 4.78 is 16.7. The Bertz CT molecular complexity index is 1090. The van der Waals surface area contributed by atoms with E-state index in [9.17, 15) is 14.4 Å². The van der Waals surface area contributed by atoms with Crippen LogP contribution in [0.4, 0.5) is 0 Å². The summed E-state index contributed by atoms with van der Waals surface area (Å²) >= 11 is 3.32. The lowest BCUT2D eigenvalue weighted by Gasteiger charge is -2.08. The monoisotopic (exact) mass is 459 g/mol. The highest BCUT2D eigenvalue weighted by Crippen LogP contribution is 2.21. The van der Waals surface area contributed by atoms with Gasteiger partial charge in [0.2, 0.25) is 0 Å². The van der Waals surface area contributed by atoms with E-state index in [-0.39, 0.29) is 23.5 Å². The van der Waals surface area contributed by atoms with Gasteiger partial charge >= 0.3 is 11.6 Å². The number of rotatable bonds is 7. The van der Waals surface area contributed by atoms with Crippen molar-refractivity contribution < 1.29 is 23.5 Å². The average molecular weight is 460 g/mol. The zero-order valence-corrected chi connectivity index (χ0v) is 17.2. The molecule has 0 saturated carbocycles. The second-order valence-corrected chi connectivity index (χ2v) is 7.04. The van der Waals surface area contributed by atoms with E-state index in [0.29, 0.717) is 17.7 Å². The van der Waals surface area contributed by atoms with Gasteiger partial charge in [-0.2, -0.15) is 0 Å². The third kappa shape index (κ3) is 5.45. The Labute approximate surface area is 174 Å². The Morgan fingerprint density at radius 2 is 1.79 bits per heavy atom. The van der Waals surface area contributed by atoms with Crippen LogP contribution in [0.5, 0.6) is 11.5 Å². The molecule has 0 fully saturated rings. The Morgan fingerprint density at radius 3 is 2.52 bits per heavy atom. The molecule has 1 amide bonds. The second kappa shape index (κ2) is 9.38. The normalized spacial score (nSPS) is 10.6. The molecule has 0 atom stereocenters. The van der Waals surface area contributed by atoms with Crippen molar-refractivity contribution in [1.82, 2.24) is 5.32 Å². The summed E-state index contributed by atoms with van der Waals surface area (Å²) in [5, 5.41) is 3.18. The van der Waals surface area contributed by atoms with Gasteiger partial charge < -0.3 is 19.2 Å². The molecule has 1 N–H and O–H groups in total. The Morgan fingerprint density at radius 1 is 1.07 bits per heavy atom. The smallest absolute Gasteiger partial charge is 0.349 e. The van der Waals surface area contributed by atoms with Gasteiger partial charge in [0.15, 0.2) is 6.61 Å². The molecule has 8 heteroatoms. The van der Waals surface area contributed by atoms with E-state index in [0.717, 1.165) is 10.9 Å². The van der Waals surface area contributed by atoms with Crippen LogP contribution in [-0.2, 0) is 4.79 Å². The van der Waals surface area contributed by atoms with Crippen LogP contribution in [0.2, 0.25) is 0 Å². The van der Waals surface area contributed by atoms with E-state index in [1.807, 2.05) is 6.92 Å². The molecule has 0 unspecified atom stereocenters. The highest BCUT2D eigenvalue weighted by atomic mass is 79.9. The first-order valence-electron chi connectivity index (χ1n) is 8.91. The molecule has 0 spiro atoms. The summed E-state index contributed by atoms with van der Waals surface area (Å²) in [6.07, 6.45) is 0.755. The third-order valence-electron chi connectivity index (χ3n) is 3.89. The fourth-order valence-corrected chi connectivity index (χ4v) is 2.75.